The zero-order valence-electron chi connectivity index (χ0n) is 13.1. The Morgan fingerprint density at radius 3 is 2.43 bits per heavy atom. The second-order valence-electron chi connectivity index (χ2n) is 5.83. The van der Waals surface area contributed by atoms with E-state index in [0.29, 0.717) is 13.0 Å². The molecule has 2 atom stereocenters. The van der Waals surface area contributed by atoms with Crippen LogP contribution in [0, 0.1) is 5.92 Å². The van der Waals surface area contributed by atoms with Gasteiger partial charge in [-0.2, -0.15) is 0 Å². The van der Waals surface area contributed by atoms with Crippen LogP contribution in [0.15, 0.2) is 30.3 Å². The average molecular weight is 290 g/mol. The molecular formula is C18H26O3. The van der Waals surface area contributed by atoms with Crippen LogP contribution >= 0.6 is 0 Å². The van der Waals surface area contributed by atoms with E-state index in [2.05, 4.69) is 26.0 Å². The largest absolute Gasteiger partial charge is 0.349 e. The highest BCUT2D eigenvalue weighted by Gasteiger charge is 2.42. The summed E-state index contributed by atoms with van der Waals surface area (Å²) in [5.41, 5.74) is 1.14. The molecule has 0 aliphatic carbocycles. The number of benzene rings is 1. The fourth-order valence-corrected chi connectivity index (χ4v) is 3.16. The molecular weight excluding hydrogens is 264 g/mol. The number of ether oxygens (including phenoxy) is 2. The van der Waals surface area contributed by atoms with Gasteiger partial charge in [0, 0.05) is 25.2 Å². The van der Waals surface area contributed by atoms with Gasteiger partial charge in [0.15, 0.2) is 5.79 Å². The second-order valence-corrected chi connectivity index (χ2v) is 5.83. The lowest BCUT2D eigenvalue weighted by Crippen LogP contribution is -2.45. The Bertz CT molecular complexity index is 423. The van der Waals surface area contributed by atoms with Gasteiger partial charge >= 0.3 is 0 Å². The van der Waals surface area contributed by atoms with Crippen LogP contribution < -0.4 is 0 Å². The van der Waals surface area contributed by atoms with Crippen molar-refractivity contribution in [3.8, 4) is 0 Å². The highest BCUT2D eigenvalue weighted by molar-refractivity contribution is 5.50. The van der Waals surface area contributed by atoms with E-state index in [4.69, 9.17) is 9.47 Å². The summed E-state index contributed by atoms with van der Waals surface area (Å²) in [5, 5.41) is 0. The third-order valence-corrected chi connectivity index (χ3v) is 4.12. The highest BCUT2D eigenvalue weighted by atomic mass is 16.7. The molecule has 1 aromatic rings. The first-order chi connectivity index (χ1) is 10.2. The predicted octanol–water partition coefficient (Wildman–Crippen LogP) is 4.28. The molecule has 1 fully saturated rings. The van der Waals surface area contributed by atoms with E-state index in [0.717, 1.165) is 37.5 Å². The highest BCUT2D eigenvalue weighted by Crippen LogP contribution is 2.42. The standard InChI is InChI=1S/C18H26O3/c1-3-11-18(12-4-2)20-14-16(10-13-19)17(21-18)15-8-6-5-7-9-15/h5-9,13,16-17H,3-4,10-12,14H2,1-2H3/t16-,17-/m1/s1. The Kier molecular flexibility index (Phi) is 5.95. The maximum absolute atomic E-state index is 11.0. The molecule has 0 amide bonds. The van der Waals surface area contributed by atoms with Crippen LogP contribution in [0.3, 0.4) is 0 Å². The smallest absolute Gasteiger partial charge is 0.169 e. The lowest BCUT2D eigenvalue weighted by atomic mass is 9.90. The van der Waals surface area contributed by atoms with E-state index in [1.807, 2.05) is 18.2 Å². The van der Waals surface area contributed by atoms with E-state index in [1.54, 1.807) is 0 Å². The average Bonchev–Trinajstić information content (AvgIpc) is 2.51. The van der Waals surface area contributed by atoms with E-state index in [-0.39, 0.29) is 12.0 Å². The summed E-state index contributed by atoms with van der Waals surface area (Å²) in [4.78, 5) is 11.0. The molecule has 0 radical (unpaired) electrons. The number of carbonyl (C=O) groups excluding carboxylic acids is 1. The Labute approximate surface area is 127 Å². The van der Waals surface area contributed by atoms with Crippen LogP contribution in [0.4, 0.5) is 0 Å². The summed E-state index contributed by atoms with van der Waals surface area (Å²) in [6.07, 6.45) is 5.26. The minimum absolute atomic E-state index is 0.0525. The molecule has 0 N–H and O–H groups in total. The van der Waals surface area contributed by atoms with E-state index in [1.165, 1.54) is 0 Å². The normalized spacial score (nSPS) is 24.7. The molecule has 0 aromatic heterocycles. The molecule has 3 heteroatoms. The monoisotopic (exact) mass is 290 g/mol. The molecule has 1 aliphatic rings. The summed E-state index contributed by atoms with van der Waals surface area (Å²) in [6, 6.07) is 10.2. The first kappa shape index (κ1) is 16.2. The summed E-state index contributed by atoms with van der Waals surface area (Å²) < 4.78 is 12.5. The SMILES string of the molecule is CCCC1(CCC)OC[C@@H](CC=O)[C@@H](c2ccccc2)O1. The summed E-state index contributed by atoms with van der Waals surface area (Å²) in [7, 11) is 0. The van der Waals surface area contributed by atoms with Crippen molar-refractivity contribution < 1.29 is 14.3 Å². The quantitative estimate of drug-likeness (QED) is 0.703. The molecule has 2 rings (SSSR count). The lowest BCUT2D eigenvalue weighted by molar-refractivity contribution is -0.320. The summed E-state index contributed by atoms with van der Waals surface area (Å²) in [5.74, 6) is -0.379. The van der Waals surface area contributed by atoms with Gasteiger partial charge in [-0.15, -0.1) is 0 Å². The fourth-order valence-electron chi connectivity index (χ4n) is 3.16. The van der Waals surface area contributed by atoms with Crippen molar-refractivity contribution in [1.29, 1.82) is 0 Å². The van der Waals surface area contributed by atoms with Crippen molar-refractivity contribution in [2.24, 2.45) is 5.92 Å². The Morgan fingerprint density at radius 1 is 1.19 bits per heavy atom. The van der Waals surface area contributed by atoms with Gasteiger partial charge in [-0.3, -0.25) is 0 Å². The number of rotatable bonds is 7. The van der Waals surface area contributed by atoms with Gasteiger partial charge in [0.2, 0.25) is 0 Å². The van der Waals surface area contributed by atoms with Gasteiger partial charge in [0.1, 0.15) is 6.29 Å². The van der Waals surface area contributed by atoms with E-state index in [9.17, 15) is 4.79 Å². The minimum atomic E-state index is -0.483. The molecule has 1 aromatic carbocycles. The maximum Gasteiger partial charge on any atom is 0.169 e. The van der Waals surface area contributed by atoms with Gasteiger partial charge in [-0.05, 0) is 5.56 Å². The van der Waals surface area contributed by atoms with Crippen molar-refractivity contribution in [2.75, 3.05) is 6.61 Å². The van der Waals surface area contributed by atoms with Gasteiger partial charge in [-0.25, -0.2) is 0 Å². The molecule has 3 nitrogen and oxygen atoms in total. The molecule has 0 spiro atoms. The van der Waals surface area contributed by atoms with Crippen molar-refractivity contribution in [3.63, 3.8) is 0 Å². The maximum atomic E-state index is 11.0. The van der Waals surface area contributed by atoms with Crippen LogP contribution in [0.1, 0.15) is 57.6 Å². The Balaban J connectivity index is 2.24. The number of carbonyl (C=O) groups is 1. The van der Waals surface area contributed by atoms with Gasteiger partial charge in [0.05, 0.1) is 12.7 Å². The molecule has 116 valence electrons. The van der Waals surface area contributed by atoms with E-state index >= 15 is 0 Å². The third kappa shape index (κ3) is 3.92. The molecule has 21 heavy (non-hydrogen) atoms. The molecule has 0 unspecified atom stereocenters. The van der Waals surface area contributed by atoms with Crippen molar-refractivity contribution in [1.82, 2.24) is 0 Å². The first-order valence-corrected chi connectivity index (χ1v) is 8.05. The van der Waals surface area contributed by atoms with Gasteiger partial charge < -0.3 is 14.3 Å². The molecule has 1 saturated heterocycles. The van der Waals surface area contributed by atoms with Gasteiger partial charge in [0.25, 0.3) is 0 Å². The van der Waals surface area contributed by atoms with Gasteiger partial charge in [-0.1, -0.05) is 57.0 Å². The minimum Gasteiger partial charge on any atom is -0.349 e. The lowest BCUT2D eigenvalue weighted by Gasteiger charge is -2.45. The van der Waals surface area contributed by atoms with Crippen molar-refractivity contribution in [2.45, 2.75) is 57.8 Å². The van der Waals surface area contributed by atoms with Crippen LogP contribution in [-0.2, 0) is 14.3 Å². The molecule has 0 bridgehead atoms. The number of aldehydes is 1. The van der Waals surface area contributed by atoms with Crippen molar-refractivity contribution >= 4 is 6.29 Å². The van der Waals surface area contributed by atoms with Crippen LogP contribution in [0.25, 0.3) is 0 Å². The zero-order chi connectivity index (χ0) is 15.1. The molecule has 1 aliphatic heterocycles. The Morgan fingerprint density at radius 2 is 1.86 bits per heavy atom. The summed E-state index contributed by atoms with van der Waals surface area (Å²) in [6.45, 7) is 4.90. The van der Waals surface area contributed by atoms with Crippen LogP contribution in [0.5, 0.6) is 0 Å². The third-order valence-electron chi connectivity index (χ3n) is 4.12. The predicted molar refractivity (Wildman–Crippen MR) is 82.9 cm³/mol. The Hall–Kier alpha value is -1.19. The first-order valence-electron chi connectivity index (χ1n) is 8.05. The molecule has 1 heterocycles. The summed E-state index contributed by atoms with van der Waals surface area (Å²) >= 11 is 0. The second kappa shape index (κ2) is 7.71. The van der Waals surface area contributed by atoms with Crippen LogP contribution in [-0.4, -0.2) is 18.7 Å². The number of hydrogen-bond acceptors (Lipinski definition) is 3. The molecule has 0 saturated carbocycles. The van der Waals surface area contributed by atoms with Crippen molar-refractivity contribution in [3.05, 3.63) is 35.9 Å². The van der Waals surface area contributed by atoms with Crippen LogP contribution in [0.2, 0.25) is 0 Å². The van der Waals surface area contributed by atoms with E-state index < -0.39 is 5.79 Å². The topological polar surface area (TPSA) is 35.5 Å². The zero-order valence-corrected chi connectivity index (χ0v) is 13.1. The number of hydrogen-bond donors (Lipinski definition) is 0. The fraction of sp³-hybridized carbons (Fsp3) is 0.611.